The molecule has 0 atom stereocenters. The third-order valence-corrected chi connectivity index (χ3v) is 6.73. The first-order valence-corrected chi connectivity index (χ1v) is 12.9. The summed E-state index contributed by atoms with van der Waals surface area (Å²) in [5.74, 6) is 1.35. The Bertz CT molecular complexity index is 1340. The first-order chi connectivity index (χ1) is 17.8. The van der Waals surface area contributed by atoms with Crippen molar-refractivity contribution < 1.29 is 28.3 Å². The third kappa shape index (κ3) is 6.14. The lowest BCUT2D eigenvalue weighted by molar-refractivity contribution is -0.123. The highest BCUT2D eigenvalue weighted by Crippen LogP contribution is 2.34. The Morgan fingerprint density at radius 1 is 1.08 bits per heavy atom. The number of ether oxygens (including phenoxy) is 2. The highest BCUT2D eigenvalue weighted by Gasteiger charge is 2.35. The molecule has 3 aromatic rings. The van der Waals surface area contributed by atoms with E-state index in [1.807, 2.05) is 25.1 Å². The molecule has 8 heteroatoms. The molecule has 1 aromatic heterocycles. The molecule has 0 saturated carbocycles. The van der Waals surface area contributed by atoms with Gasteiger partial charge in [-0.2, -0.15) is 0 Å². The van der Waals surface area contributed by atoms with Crippen molar-refractivity contribution in [1.29, 1.82) is 0 Å². The van der Waals surface area contributed by atoms with Gasteiger partial charge in [0, 0.05) is 11.6 Å². The maximum absolute atomic E-state index is 12.9. The van der Waals surface area contributed by atoms with Crippen LogP contribution in [0.4, 0.5) is 4.79 Å². The molecule has 1 fully saturated rings. The molecular weight excluding hydrogens is 490 g/mol. The minimum absolute atomic E-state index is 0.156. The fourth-order valence-electron chi connectivity index (χ4n) is 3.88. The number of carbonyl (C=O) groups excluding carboxylic acids is 3. The second kappa shape index (κ2) is 11.5. The minimum Gasteiger partial charge on any atom is -0.491 e. The average molecular weight is 520 g/mol. The van der Waals surface area contributed by atoms with Crippen LogP contribution >= 0.6 is 11.8 Å². The Morgan fingerprint density at radius 3 is 2.54 bits per heavy atom. The second-order valence-electron chi connectivity index (χ2n) is 8.88. The van der Waals surface area contributed by atoms with Gasteiger partial charge in [0.05, 0.1) is 23.6 Å². The summed E-state index contributed by atoms with van der Waals surface area (Å²) in [6, 6.07) is 16.4. The molecule has 0 radical (unpaired) electrons. The predicted octanol–water partition coefficient (Wildman–Crippen LogP) is 6.67. The first kappa shape index (κ1) is 26.3. The van der Waals surface area contributed by atoms with Crippen LogP contribution in [0.2, 0.25) is 0 Å². The zero-order chi connectivity index (χ0) is 26.5. The van der Waals surface area contributed by atoms with Crippen molar-refractivity contribution in [3.63, 3.8) is 0 Å². The van der Waals surface area contributed by atoms with Crippen molar-refractivity contribution in [2.24, 2.45) is 0 Å². The smallest absolute Gasteiger partial charge is 0.338 e. The molecule has 0 N–H and O–H groups in total. The number of rotatable bonds is 9. The van der Waals surface area contributed by atoms with Crippen LogP contribution in [0.3, 0.4) is 0 Å². The van der Waals surface area contributed by atoms with E-state index in [9.17, 15) is 14.4 Å². The first-order valence-electron chi connectivity index (χ1n) is 12.1. The molecule has 4 rings (SSSR count). The van der Waals surface area contributed by atoms with E-state index in [-0.39, 0.29) is 30.3 Å². The number of benzene rings is 2. The Morgan fingerprint density at radius 2 is 1.84 bits per heavy atom. The highest BCUT2D eigenvalue weighted by atomic mass is 32.2. The maximum Gasteiger partial charge on any atom is 0.338 e. The van der Waals surface area contributed by atoms with E-state index in [2.05, 4.69) is 13.8 Å². The standard InChI is InChI=1S/C29H29NO6S/c1-5-34-28(32)21-9-7-20(8-10-21)24-13-11-22(36-24)17-26-27(31)30(29(33)37-26)14-15-35-25-16-19(4)6-12-23(25)18(2)3/h6-13,16-18H,5,14-15H2,1-4H3/b26-17-. The van der Waals surface area contributed by atoms with Crippen molar-refractivity contribution in [2.75, 3.05) is 19.8 Å². The molecular formula is C29H29NO6S. The average Bonchev–Trinajstić information content (AvgIpc) is 3.44. The van der Waals surface area contributed by atoms with Crippen LogP contribution < -0.4 is 4.74 Å². The SMILES string of the molecule is CCOC(=O)c1ccc(-c2ccc(/C=C3\SC(=O)N(CCOc4cc(C)ccc4C(C)C)C3=O)o2)cc1. The van der Waals surface area contributed by atoms with Crippen molar-refractivity contribution in [2.45, 2.75) is 33.6 Å². The normalized spacial score (nSPS) is 14.6. The fourth-order valence-corrected chi connectivity index (χ4v) is 4.73. The van der Waals surface area contributed by atoms with Gasteiger partial charge in [-0.1, -0.05) is 38.1 Å². The number of nitrogens with zero attached hydrogens (tertiary/aromatic N) is 1. The molecule has 0 unspecified atom stereocenters. The molecule has 0 aliphatic carbocycles. The zero-order valence-electron chi connectivity index (χ0n) is 21.3. The second-order valence-corrected chi connectivity index (χ2v) is 9.87. The van der Waals surface area contributed by atoms with E-state index in [4.69, 9.17) is 13.9 Å². The van der Waals surface area contributed by atoms with E-state index >= 15 is 0 Å². The molecule has 1 aliphatic rings. The Labute approximate surface area is 220 Å². The highest BCUT2D eigenvalue weighted by molar-refractivity contribution is 8.18. The van der Waals surface area contributed by atoms with Crippen LogP contribution in [0.25, 0.3) is 17.4 Å². The van der Waals surface area contributed by atoms with Gasteiger partial charge >= 0.3 is 5.97 Å². The zero-order valence-corrected chi connectivity index (χ0v) is 22.1. The molecule has 2 aromatic carbocycles. The van der Waals surface area contributed by atoms with Gasteiger partial charge in [0.1, 0.15) is 23.9 Å². The molecule has 1 saturated heterocycles. The van der Waals surface area contributed by atoms with E-state index in [1.165, 1.54) is 4.90 Å². The Hall–Kier alpha value is -3.78. The van der Waals surface area contributed by atoms with E-state index in [0.29, 0.717) is 34.5 Å². The fraction of sp³-hybridized carbons (Fsp3) is 0.276. The number of hydrogen-bond acceptors (Lipinski definition) is 7. The number of amides is 2. The number of esters is 1. The van der Waals surface area contributed by atoms with Gasteiger partial charge in [-0.3, -0.25) is 14.5 Å². The number of imide groups is 1. The molecule has 0 bridgehead atoms. The molecule has 2 heterocycles. The summed E-state index contributed by atoms with van der Waals surface area (Å²) in [4.78, 5) is 38.7. The van der Waals surface area contributed by atoms with Crippen molar-refractivity contribution >= 4 is 35.0 Å². The van der Waals surface area contributed by atoms with Gasteiger partial charge in [-0.05, 0) is 73.0 Å². The Balaban J connectivity index is 1.40. The van der Waals surface area contributed by atoms with E-state index < -0.39 is 0 Å². The number of aryl methyl sites for hydroxylation is 1. The number of thioether (sulfide) groups is 1. The molecule has 1 aliphatic heterocycles. The monoisotopic (exact) mass is 519 g/mol. The van der Waals surface area contributed by atoms with Gasteiger partial charge in [0.15, 0.2) is 0 Å². The van der Waals surface area contributed by atoms with Crippen LogP contribution in [0.15, 0.2) is 63.9 Å². The van der Waals surface area contributed by atoms with Gasteiger partial charge in [0.2, 0.25) is 0 Å². The van der Waals surface area contributed by atoms with Gasteiger partial charge in [0.25, 0.3) is 11.1 Å². The summed E-state index contributed by atoms with van der Waals surface area (Å²) < 4.78 is 16.8. The number of furan rings is 1. The minimum atomic E-state index is -0.380. The van der Waals surface area contributed by atoms with E-state index in [0.717, 1.165) is 34.2 Å². The third-order valence-electron chi connectivity index (χ3n) is 5.82. The lowest BCUT2D eigenvalue weighted by Crippen LogP contribution is -2.32. The quantitative estimate of drug-likeness (QED) is 0.230. The maximum atomic E-state index is 12.9. The summed E-state index contributed by atoms with van der Waals surface area (Å²) in [5, 5.41) is -0.338. The van der Waals surface area contributed by atoms with E-state index in [1.54, 1.807) is 49.4 Å². The lowest BCUT2D eigenvalue weighted by Gasteiger charge is -2.17. The van der Waals surface area contributed by atoms with Gasteiger partial charge in [-0.25, -0.2) is 4.79 Å². The Kier molecular flexibility index (Phi) is 8.18. The summed E-state index contributed by atoms with van der Waals surface area (Å²) in [7, 11) is 0. The van der Waals surface area contributed by atoms with Crippen LogP contribution in [-0.4, -0.2) is 41.8 Å². The molecule has 37 heavy (non-hydrogen) atoms. The van der Waals surface area contributed by atoms with Crippen molar-refractivity contribution in [3.8, 4) is 17.1 Å². The largest absolute Gasteiger partial charge is 0.491 e. The molecule has 7 nitrogen and oxygen atoms in total. The molecule has 192 valence electrons. The number of hydrogen-bond donors (Lipinski definition) is 0. The predicted molar refractivity (Wildman–Crippen MR) is 144 cm³/mol. The summed E-state index contributed by atoms with van der Waals surface area (Å²) in [6.45, 7) is 8.62. The molecule has 2 amide bonds. The van der Waals surface area contributed by atoms with Crippen molar-refractivity contribution in [3.05, 3.63) is 82.0 Å². The van der Waals surface area contributed by atoms with Gasteiger partial charge in [-0.15, -0.1) is 0 Å². The lowest BCUT2D eigenvalue weighted by atomic mass is 10.0. The summed E-state index contributed by atoms with van der Waals surface area (Å²) in [6.07, 6.45) is 1.57. The summed E-state index contributed by atoms with van der Waals surface area (Å²) in [5.41, 5.74) is 3.40. The summed E-state index contributed by atoms with van der Waals surface area (Å²) >= 11 is 0.880. The van der Waals surface area contributed by atoms with Crippen LogP contribution in [0.1, 0.15) is 53.9 Å². The van der Waals surface area contributed by atoms with Crippen LogP contribution in [0, 0.1) is 6.92 Å². The van der Waals surface area contributed by atoms with Crippen LogP contribution in [-0.2, 0) is 9.53 Å². The molecule has 0 spiro atoms. The van der Waals surface area contributed by atoms with Crippen LogP contribution in [0.5, 0.6) is 5.75 Å². The topological polar surface area (TPSA) is 86.0 Å². The van der Waals surface area contributed by atoms with Gasteiger partial charge < -0.3 is 13.9 Å². The van der Waals surface area contributed by atoms with Crippen molar-refractivity contribution in [1.82, 2.24) is 4.90 Å². The number of carbonyl (C=O) groups is 3.